The lowest BCUT2D eigenvalue weighted by Crippen LogP contribution is -2.14. The van der Waals surface area contributed by atoms with Crippen LogP contribution in [0.2, 0.25) is 5.02 Å². The van der Waals surface area contributed by atoms with E-state index < -0.39 is 0 Å². The van der Waals surface area contributed by atoms with Gasteiger partial charge in [0.25, 0.3) is 5.91 Å². The molecule has 3 rings (SSSR count). The molecule has 128 valence electrons. The third kappa shape index (κ3) is 3.53. The van der Waals surface area contributed by atoms with Crippen molar-refractivity contribution in [2.45, 2.75) is 0 Å². The number of rotatable bonds is 4. The van der Waals surface area contributed by atoms with Crippen LogP contribution in [0.15, 0.2) is 66.7 Å². The first-order valence-corrected chi connectivity index (χ1v) is 8.25. The van der Waals surface area contributed by atoms with Crippen LogP contribution < -0.4 is 10.1 Å². The summed E-state index contributed by atoms with van der Waals surface area (Å²) in [5.41, 5.74) is 2.83. The smallest absolute Gasteiger partial charge is 0.256 e. The second-order valence-corrected chi connectivity index (χ2v) is 5.94. The molecule has 0 fully saturated rings. The molecule has 0 saturated carbocycles. The summed E-state index contributed by atoms with van der Waals surface area (Å²) in [5, 5.41) is 12.7. The minimum Gasteiger partial charge on any atom is -0.495 e. The van der Waals surface area contributed by atoms with Gasteiger partial charge in [0.15, 0.2) is 0 Å². The van der Waals surface area contributed by atoms with Crippen LogP contribution in [0.4, 0.5) is 5.69 Å². The van der Waals surface area contributed by atoms with Crippen LogP contribution in [0, 0.1) is 11.3 Å². The molecule has 5 heteroatoms. The summed E-state index contributed by atoms with van der Waals surface area (Å²) in [6.07, 6.45) is 0. The number of carbonyl (C=O) groups excluding carboxylic acids is 1. The fraction of sp³-hybridized carbons (Fsp3) is 0.0476. The molecule has 26 heavy (non-hydrogen) atoms. The lowest BCUT2D eigenvalue weighted by Gasteiger charge is -2.13. The standard InChI is InChI=1S/C21H15ClN2O2/c1-26-20-11-10-15(22)12-19(20)24-21(25)18-9-5-4-8-17(18)16-7-3-2-6-14(16)13-23/h2-12H,1H3,(H,24,25). The summed E-state index contributed by atoms with van der Waals surface area (Å²) in [4.78, 5) is 12.9. The number of nitrogens with one attached hydrogen (secondary N) is 1. The molecule has 3 aromatic carbocycles. The number of amides is 1. The van der Waals surface area contributed by atoms with E-state index >= 15 is 0 Å². The van der Waals surface area contributed by atoms with Crippen molar-refractivity contribution in [2.24, 2.45) is 0 Å². The van der Waals surface area contributed by atoms with Gasteiger partial charge in [-0.25, -0.2) is 0 Å². The molecule has 0 aliphatic heterocycles. The summed E-state index contributed by atoms with van der Waals surface area (Å²) in [5.74, 6) is 0.201. The minimum atomic E-state index is -0.311. The van der Waals surface area contributed by atoms with Crippen LogP contribution in [0.5, 0.6) is 5.75 Å². The zero-order valence-electron chi connectivity index (χ0n) is 14.0. The lowest BCUT2D eigenvalue weighted by molar-refractivity contribution is 0.102. The Bertz CT molecular complexity index is 1010. The summed E-state index contributed by atoms with van der Waals surface area (Å²) in [6, 6.07) is 21.5. The Hall–Kier alpha value is -3.29. The predicted molar refractivity (Wildman–Crippen MR) is 103 cm³/mol. The van der Waals surface area contributed by atoms with E-state index in [1.807, 2.05) is 24.3 Å². The number of nitrogens with zero attached hydrogens (tertiary/aromatic N) is 1. The van der Waals surface area contributed by atoms with Gasteiger partial charge in [0.1, 0.15) is 5.75 Å². The molecule has 0 radical (unpaired) electrons. The van der Waals surface area contributed by atoms with Crippen LogP contribution in [0.1, 0.15) is 15.9 Å². The number of ether oxygens (including phenoxy) is 1. The highest BCUT2D eigenvalue weighted by Crippen LogP contribution is 2.30. The van der Waals surface area contributed by atoms with Gasteiger partial charge in [-0.2, -0.15) is 5.26 Å². The normalized spacial score (nSPS) is 10.0. The van der Waals surface area contributed by atoms with E-state index in [-0.39, 0.29) is 5.91 Å². The second kappa shape index (κ2) is 7.73. The Morgan fingerprint density at radius 1 is 1.04 bits per heavy atom. The zero-order valence-corrected chi connectivity index (χ0v) is 14.7. The number of benzene rings is 3. The van der Waals surface area contributed by atoms with Crippen molar-refractivity contribution in [3.8, 4) is 22.9 Å². The molecule has 0 aliphatic rings. The first-order chi connectivity index (χ1) is 12.6. The Morgan fingerprint density at radius 2 is 1.73 bits per heavy atom. The van der Waals surface area contributed by atoms with Gasteiger partial charge in [-0.05, 0) is 35.9 Å². The monoisotopic (exact) mass is 362 g/mol. The molecule has 0 aliphatic carbocycles. The zero-order chi connectivity index (χ0) is 18.5. The maximum absolute atomic E-state index is 12.9. The summed E-state index contributed by atoms with van der Waals surface area (Å²) in [6.45, 7) is 0. The van der Waals surface area contributed by atoms with Crippen LogP contribution >= 0.6 is 11.6 Å². The van der Waals surface area contributed by atoms with E-state index in [1.165, 1.54) is 7.11 Å². The molecule has 0 aromatic heterocycles. The summed E-state index contributed by atoms with van der Waals surface area (Å²) >= 11 is 6.03. The van der Waals surface area contributed by atoms with E-state index in [1.54, 1.807) is 42.5 Å². The molecule has 3 aromatic rings. The molecule has 0 atom stereocenters. The molecule has 0 heterocycles. The number of carbonyl (C=O) groups is 1. The molecule has 4 nitrogen and oxygen atoms in total. The quantitative estimate of drug-likeness (QED) is 0.699. The number of hydrogen-bond acceptors (Lipinski definition) is 3. The van der Waals surface area contributed by atoms with Crippen LogP contribution in [0.3, 0.4) is 0 Å². The van der Waals surface area contributed by atoms with Gasteiger partial charge in [-0.1, -0.05) is 48.0 Å². The Balaban J connectivity index is 2.02. The van der Waals surface area contributed by atoms with Gasteiger partial charge < -0.3 is 10.1 Å². The summed E-state index contributed by atoms with van der Waals surface area (Å²) < 4.78 is 5.27. The molecular formula is C21H15ClN2O2. The van der Waals surface area contributed by atoms with Crippen molar-refractivity contribution in [2.75, 3.05) is 12.4 Å². The number of hydrogen-bond donors (Lipinski definition) is 1. The third-order valence-electron chi connectivity index (χ3n) is 3.92. The molecule has 0 spiro atoms. The summed E-state index contributed by atoms with van der Waals surface area (Å²) in [7, 11) is 1.52. The first kappa shape index (κ1) is 17.5. The SMILES string of the molecule is COc1ccc(Cl)cc1NC(=O)c1ccccc1-c1ccccc1C#N. The average molecular weight is 363 g/mol. The molecule has 1 amide bonds. The largest absolute Gasteiger partial charge is 0.495 e. The van der Waals surface area contributed by atoms with Gasteiger partial charge >= 0.3 is 0 Å². The average Bonchev–Trinajstić information content (AvgIpc) is 2.68. The highest BCUT2D eigenvalue weighted by Gasteiger charge is 2.16. The van der Waals surface area contributed by atoms with E-state index in [0.29, 0.717) is 38.7 Å². The van der Waals surface area contributed by atoms with Crippen molar-refractivity contribution in [1.29, 1.82) is 5.26 Å². The molecule has 0 unspecified atom stereocenters. The minimum absolute atomic E-state index is 0.311. The van der Waals surface area contributed by atoms with Crippen molar-refractivity contribution in [1.82, 2.24) is 0 Å². The van der Waals surface area contributed by atoms with Crippen LogP contribution in [-0.4, -0.2) is 13.0 Å². The highest BCUT2D eigenvalue weighted by molar-refractivity contribution is 6.31. The van der Waals surface area contributed by atoms with Crippen LogP contribution in [0.25, 0.3) is 11.1 Å². The van der Waals surface area contributed by atoms with Crippen molar-refractivity contribution in [3.05, 3.63) is 82.9 Å². The lowest BCUT2D eigenvalue weighted by atomic mass is 9.95. The third-order valence-corrected chi connectivity index (χ3v) is 4.15. The second-order valence-electron chi connectivity index (χ2n) is 5.50. The number of nitriles is 1. The Kier molecular flexibility index (Phi) is 5.21. The Morgan fingerprint density at radius 3 is 2.46 bits per heavy atom. The van der Waals surface area contributed by atoms with Crippen LogP contribution in [-0.2, 0) is 0 Å². The molecule has 0 saturated heterocycles. The van der Waals surface area contributed by atoms with Gasteiger partial charge in [-0.15, -0.1) is 0 Å². The fourth-order valence-electron chi connectivity index (χ4n) is 2.70. The fourth-order valence-corrected chi connectivity index (χ4v) is 2.87. The van der Waals surface area contributed by atoms with Gasteiger partial charge in [0.2, 0.25) is 0 Å². The number of methoxy groups -OCH3 is 1. The van der Waals surface area contributed by atoms with E-state index in [9.17, 15) is 10.1 Å². The maximum atomic E-state index is 12.9. The van der Waals surface area contributed by atoms with Gasteiger partial charge in [-0.3, -0.25) is 4.79 Å². The Labute approximate surface area is 156 Å². The highest BCUT2D eigenvalue weighted by atomic mass is 35.5. The molecule has 1 N–H and O–H groups in total. The number of halogens is 1. The predicted octanol–water partition coefficient (Wildman–Crippen LogP) is 5.14. The maximum Gasteiger partial charge on any atom is 0.256 e. The van der Waals surface area contributed by atoms with Crippen molar-refractivity contribution >= 4 is 23.2 Å². The van der Waals surface area contributed by atoms with Crippen molar-refractivity contribution < 1.29 is 9.53 Å². The van der Waals surface area contributed by atoms with E-state index in [0.717, 1.165) is 0 Å². The van der Waals surface area contributed by atoms with E-state index in [4.69, 9.17) is 16.3 Å². The first-order valence-electron chi connectivity index (χ1n) is 7.87. The number of anilines is 1. The topological polar surface area (TPSA) is 62.1 Å². The van der Waals surface area contributed by atoms with Crippen molar-refractivity contribution in [3.63, 3.8) is 0 Å². The van der Waals surface area contributed by atoms with Gasteiger partial charge in [0.05, 0.1) is 24.4 Å². The molecule has 0 bridgehead atoms. The van der Waals surface area contributed by atoms with Gasteiger partial charge in [0, 0.05) is 16.1 Å². The molecular weight excluding hydrogens is 348 g/mol. The van der Waals surface area contributed by atoms with E-state index in [2.05, 4.69) is 11.4 Å².